The molecule has 1 amide bonds. The molecule has 4 rings (SSSR count). The number of nitrogens with one attached hydrogen (secondary N) is 1. The monoisotopic (exact) mass is 391 g/mol. The van der Waals surface area contributed by atoms with E-state index in [2.05, 4.69) is 15.3 Å². The number of nitrogens with zero attached hydrogens (tertiary/aromatic N) is 4. The van der Waals surface area contributed by atoms with Crippen molar-refractivity contribution in [1.29, 1.82) is 0 Å². The second-order valence-electron chi connectivity index (χ2n) is 6.65. The molecule has 4 heterocycles. The van der Waals surface area contributed by atoms with Crippen LogP contribution in [0.1, 0.15) is 22.5 Å². The van der Waals surface area contributed by atoms with Crippen LogP contribution in [0.4, 0.5) is 0 Å². The third-order valence-corrected chi connectivity index (χ3v) is 4.72. The lowest BCUT2D eigenvalue weighted by molar-refractivity contribution is 0.0941. The number of methoxy groups -OCH3 is 1. The first-order valence-corrected chi connectivity index (χ1v) is 9.35. The van der Waals surface area contributed by atoms with Crippen LogP contribution in [-0.2, 0) is 17.8 Å². The highest BCUT2D eigenvalue weighted by atomic mass is 16.5. The second-order valence-corrected chi connectivity index (χ2v) is 6.65. The summed E-state index contributed by atoms with van der Waals surface area (Å²) in [4.78, 5) is 34.5. The highest BCUT2D eigenvalue weighted by Gasteiger charge is 2.19. The van der Waals surface area contributed by atoms with Crippen molar-refractivity contribution in [3.8, 4) is 0 Å². The van der Waals surface area contributed by atoms with Gasteiger partial charge in [-0.3, -0.25) is 19.0 Å². The Hall–Kier alpha value is -3.52. The smallest absolute Gasteiger partial charge is 0.268 e. The third kappa shape index (κ3) is 3.74. The van der Waals surface area contributed by atoms with Gasteiger partial charge in [0.1, 0.15) is 17.0 Å². The topological polar surface area (TPSA) is 90.5 Å². The Bertz CT molecular complexity index is 1210. The van der Waals surface area contributed by atoms with E-state index < -0.39 is 0 Å². The number of carbonyl (C=O) groups excluding carboxylic acids is 1. The molecule has 0 radical (unpaired) electrons. The molecule has 8 nitrogen and oxygen atoms in total. The number of fused-ring (bicyclic) bond motifs is 2. The van der Waals surface area contributed by atoms with Crippen molar-refractivity contribution in [3.63, 3.8) is 0 Å². The summed E-state index contributed by atoms with van der Waals surface area (Å²) < 4.78 is 8.42. The van der Waals surface area contributed by atoms with Gasteiger partial charge < -0.3 is 14.6 Å². The summed E-state index contributed by atoms with van der Waals surface area (Å²) in [6, 6.07) is 10.7. The van der Waals surface area contributed by atoms with E-state index in [1.165, 1.54) is 4.40 Å². The number of aromatic nitrogens is 4. The van der Waals surface area contributed by atoms with Gasteiger partial charge >= 0.3 is 0 Å². The summed E-state index contributed by atoms with van der Waals surface area (Å²) in [7, 11) is 1.63. The molecule has 0 aliphatic rings. The number of amides is 1. The maximum atomic E-state index is 12.9. The minimum absolute atomic E-state index is 0.197. The van der Waals surface area contributed by atoms with E-state index in [1.807, 2.05) is 18.2 Å². The van der Waals surface area contributed by atoms with Crippen LogP contribution in [0.2, 0.25) is 0 Å². The first kappa shape index (κ1) is 18.8. The predicted molar refractivity (Wildman–Crippen MR) is 109 cm³/mol. The van der Waals surface area contributed by atoms with Crippen LogP contribution in [0.15, 0.2) is 59.8 Å². The summed E-state index contributed by atoms with van der Waals surface area (Å²) in [5, 5.41) is 3.31. The fraction of sp³-hybridized carbons (Fsp3) is 0.238. The molecule has 0 aromatic carbocycles. The molecule has 0 aliphatic carbocycles. The van der Waals surface area contributed by atoms with Crippen LogP contribution < -0.4 is 10.9 Å². The number of rotatable bonds is 7. The molecule has 0 spiro atoms. The fourth-order valence-electron chi connectivity index (χ4n) is 3.31. The lowest BCUT2D eigenvalue weighted by atomic mass is 10.2. The average molecular weight is 391 g/mol. The summed E-state index contributed by atoms with van der Waals surface area (Å²) in [6.45, 7) is 1.41. The number of hydrogen-bond acceptors (Lipinski definition) is 5. The number of ether oxygens (including phenoxy) is 1. The molecule has 0 unspecified atom stereocenters. The van der Waals surface area contributed by atoms with Crippen LogP contribution in [-0.4, -0.2) is 38.6 Å². The highest BCUT2D eigenvalue weighted by Crippen LogP contribution is 2.17. The van der Waals surface area contributed by atoms with E-state index in [1.54, 1.807) is 48.5 Å². The maximum Gasteiger partial charge on any atom is 0.268 e. The SMILES string of the molecule is COCCCn1c(C(=O)NCc2cccnc2)cc2c(=O)n3ccccc3nc21. The summed E-state index contributed by atoms with van der Waals surface area (Å²) in [5.74, 6) is -0.266. The van der Waals surface area contributed by atoms with E-state index in [-0.39, 0.29) is 11.5 Å². The zero-order valence-electron chi connectivity index (χ0n) is 16.0. The van der Waals surface area contributed by atoms with Crippen molar-refractivity contribution in [2.75, 3.05) is 13.7 Å². The molecule has 0 fully saturated rings. The van der Waals surface area contributed by atoms with Crippen LogP contribution in [0.25, 0.3) is 16.7 Å². The van der Waals surface area contributed by atoms with Crippen molar-refractivity contribution >= 4 is 22.6 Å². The molecule has 0 saturated carbocycles. The Kier molecular flexibility index (Phi) is 5.35. The zero-order valence-corrected chi connectivity index (χ0v) is 16.0. The van der Waals surface area contributed by atoms with Crippen molar-refractivity contribution in [2.45, 2.75) is 19.5 Å². The third-order valence-electron chi connectivity index (χ3n) is 4.72. The molecule has 148 valence electrons. The normalized spacial score (nSPS) is 11.2. The van der Waals surface area contributed by atoms with E-state index >= 15 is 0 Å². The largest absolute Gasteiger partial charge is 0.385 e. The predicted octanol–water partition coefficient (Wildman–Crippen LogP) is 2.01. The van der Waals surface area contributed by atoms with Gasteiger partial charge in [-0.05, 0) is 36.2 Å². The van der Waals surface area contributed by atoms with Crippen molar-refractivity contribution < 1.29 is 9.53 Å². The van der Waals surface area contributed by atoms with Gasteiger partial charge in [0.25, 0.3) is 11.5 Å². The van der Waals surface area contributed by atoms with Crippen molar-refractivity contribution in [1.82, 2.24) is 24.3 Å². The molecule has 0 saturated heterocycles. The molecule has 0 atom stereocenters. The van der Waals surface area contributed by atoms with E-state index in [0.29, 0.717) is 48.5 Å². The molecule has 1 N–H and O–H groups in total. The molecule has 29 heavy (non-hydrogen) atoms. The van der Waals surface area contributed by atoms with E-state index in [0.717, 1.165) is 5.56 Å². The first-order chi connectivity index (χ1) is 14.2. The minimum atomic E-state index is -0.266. The van der Waals surface area contributed by atoms with Gasteiger partial charge in [0.2, 0.25) is 0 Å². The van der Waals surface area contributed by atoms with Gasteiger partial charge in [0.05, 0.1) is 5.39 Å². The number of carbonyl (C=O) groups is 1. The van der Waals surface area contributed by atoms with Crippen molar-refractivity contribution in [3.05, 3.63) is 76.6 Å². The quantitative estimate of drug-likeness (QED) is 0.487. The van der Waals surface area contributed by atoms with E-state index in [9.17, 15) is 9.59 Å². The van der Waals surface area contributed by atoms with Crippen molar-refractivity contribution in [2.24, 2.45) is 0 Å². The van der Waals surface area contributed by atoms with Gasteiger partial charge in [-0.1, -0.05) is 12.1 Å². The molecule has 8 heteroatoms. The minimum Gasteiger partial charge on any atom is -0.385 e. The summed E-state index contributed by atoms with van der Waals surface area (Å²) in [6.07, 6.45) is 5.76. The fourth-order valence-corrected chi connectivity index (χ4v) is 3.31. The van der Waals surface area contributed by atoms with Gasteiger partial charge in [-0.2, -0.15) is 0 Å². The molecule has 4 aromatic rings. The van der Waals surface area contributed by atoms with Gasteiger partial charge in [-0.25, -0.2) is 4.98 Å². The molecular formula is C21H21N5O3. The molecular weight excluding hydrogens is 370 g/mol. The summed E-state index contributed by atoms with van der Waals surface area (Å²) in [5.41, 5.74) is 2.15. The first-order valence-electron chi connectivity index (χ1n) is 9.35. The molecule has 0 aliphatic heterocycles. The Labute approximate surface area is 166 Å². The Morgan fingerprint density at radius 1 is 1.24 bits per heavy atom. The van der Waals surface area contributed by atoms with E-state index in [4.69, 9.17) is 4.74 Å². The Balaban J connectivity index is 1.75. The number of hydrogen-bond donors (Lipinski definition) is 1. The average Bonchev–Trinajstić information content (AvgIpc) is 3.12. The van der Waals surface area contributed by atoms with Gasteiger partial charge in [0.15, 0.2) is 0 Å². The van der Waals surface area contributed by atoms with Crippen LogP contribution in [0, 0.1) is 0 Å². The molecule has 4 aromatic heterocycles. The van der Waals surface area contributed by atoms with Crippen LogP contribution in [0.5, 0.6) is 0 Å². The van der Waals surface area contributed by atoms with Crippen LogP contribution in [0.3, 0.4) is 0 Å². The standard InChI is InChI=1S/C21H21N5O3/c1-29-11-5-10-25-17(20(27)23-14-15-6-4-8-22-13-15)12-16-19(25)24-18-7-2-3-9-26(18)21(16)28/h2-4,6-9,12-13H,5,10-11,14H2,1H3,(H,23,27). The highest BCUT2D eigenvalue weighted by molar-refractivity contribution is 5.98. The number of aryl methyl sites for hydroxylation is 1. The summed E-state index contributed by atoms with van der Waals surface area (Å²) >= 11 is 0. The van der Waals surface area contributed by atoms with Gasteiger partial charge in [-0.15, -0.1) is 0 Å². The zero-order chi connectivity index (χ0) is 20.2. The second kappa shape index (κ2) is 8.24. The van der Waals surface area contributed by atoms with Gasteiger partial charge in [0, 0.05) is 45.4 Å². The maximum absolute atomic E-state index is 12.9. The lowest BCUT2D eigenvalue weighted by Crippen LogP contribution is -2.25. The lowest BCUT2D eigenvalue weighted by Gasteiger charge is -2.11. The Morgan fingerprint density at radius 3 is 2.93 bits per heavy atom. The number of pyridine rings is 2. The Morgan fingerprint density at radius 2 is 2.14 bits per heavy atom. The van der Waals surface area contributed by atoms with Crippen LogP contribution >= 0.6 is 0 Å². The molecule has 0 bridgehead atoms.